The van der Waals surface area contributed by atoms with Crippen LogP contribution in [0.4, 0.5) is 4.39 Å². The summed E-state index contributed by atoms with van der Waals surface area (Å²) in [6.45, 7) is 3.31. The van der Waals surface area contributed by atoms with Gasteiger partial charge in [0, 0.05) is 6.54 Å². The van der Waals surface area contributed by atoms with Crippen LogP contribution in [-0.4, -0.2) is 32.8 Å². The first-order chi connectivity index (χ1) is 9.22. The summed E-state index contributed by atoms with van der Waals surface area (Å²) in [5.74, 6) is -0.780. The summed E-state index contributed by atoms with van der Waals surface area (Å²) < 4.78 is 44.5. The van der Waals surface area contributed by atoms with E-state index in [0.29, 0.717) is 6.42 Å². The molecule has 0 bridgehead atoms. The zero-order chi connectivity index (χ0) is 15.4. The number of hydrogen-bond donors (Lipinski definition) is 2. The molecule has 0 radical (unpaired) electrons. The standard InChI is InChI=1S/C13H20FNO4S/c1-4-7-13(2,16)9-15-20(17,18)10-5-6-12(19-3)11(14)8-10/h5-6,8,15-16H,4,7,9H2,1-3H3. The zero-order valence-electron chi connectivity index (χ0n) is 11.8. The Bertz CT molecular complexity index is 557. The predicted octanol–water partition coefficient (Wildman–Crippen LogP) is 1.66. The highest BCUT2D eigenvalue weighted by atomic mass is 32.2. The van der Waals surface area contributed by atoms with Crippen LogP contribution in [-0.2, 0) is 10.0 Å². The van der Waals surface area contributed by atoms with Gasteiger partial charge in [0.15, 0.2) is 11.6 Å². The van der Waals surface area contributed by atoms with Crippen molar-refractivity contribution in [2.75, 3.05) is 13.7 Å². The quantitative estimate of drug-likeness (QED) is 0.803. The van der Waals surface area contributed by atoms with E-state index in [1.807, 2.05) is 6.92 Å². The van der Waals surface area contributed by atoms with Crippen molar-refractivity contribution in [2.24, 2.45) is 0 Å². The van der Waals surface area contributed by atoms with Gasteiger partial charge in [-0.2, -0.15) is 0 Å². The summed E-state index contributed by atoms with van der Waals surface area (Å²) in [5, 5.41) is 9.94. The molecule has 20 heavy (non-hydrogen) atoms. The van der Waals surface area contributed by atoms with Crippen molar-refractivity contribution < 1.29 is 22.7 Å². The first-order valence-corrected chi connectivity index (χ1v) is 7.76. The number of rotatable bonds is 7. The van der Waals surface area contributed by atoms with E-state index in [0.717, 1.165) is 12.5 Å². The third-order valence-corrected chi connectivity index (χ3v) is 4.26. The highest BCUT2D eigenvalue weighted by molar-refractivity contribution is 7.89. The molecule has 0 amide bonds. The third kappa shape index (κ3) is 4.43. The van der Waals surface area contributed by atoms with Gasteiger partial charge in [-0.05, 0) is 31.5 Å². The summed E-state index contributed by atoms with van der Waals surface area (Å²) in [5.41, 5.74) is -1.13. The molecule has 1 aromatic rings. The Balaban J connectivity index is 2.87. The maximum absolute atomic E-state index is 13.5. The van der Waals surface area contributed by atoms with E-state index >= 15 is 0 Å². The van der Waals surface area contributed by atoms with Gasteiger partial charge in [0.2, 0.25) is 10.0 Å². The normalized spacial score (nSPS) is 14.8. The molecule has 1 atom stereocenters. The maximum atomic E-state index is 13.5. The van der Waals surface area contributed by atoms with Crippen molar-refractivity contribution in [2.45, 2.75) is 37.2 Å². The Morgan fingerprint density at radius 2 is 2.10 bits per heavy atom. The molecule has 1 unspecified atom stereocenters. The van der Waals surface area contributed by atoms with Crippen LogP contribution in [0.1, 0.15) is 26.7 Å². The minimum Gasteiger partial charge on any atom is -0.494 e. The van der Waals surface area contributed by atoms with E-state index in [1.54, 1.807) is 6.92 Å². The van der Waals surface area contributed by atoms with Crippen LogP contribution in [0, 0.1) is 5.82 Å². The van der Waals surface area contributed by atoms with Crippen molar-refractivity contribution in [1.82, 2.24) is 4.72 Å². The molecule has 0 aliphatic heterocycles. The largest absolute Gasteiger partial charge is 0.494 e. The van der Waals surface area contributed by atoms with Crippen LogP contribution in [0.25, 0.3) is 0 Å². The van der Waals surface area contributed by atoms with Gasteiger partial charge < -0.3 is 9.84 Å². The summed E-state index contributed by atoms with van der Waals surface area (Å²) in [7, 11) is -2.57. The predicted molar refractivity (Wildman–Crippen MR) is 73.7 cm³/mol. The maximum Gasteiger partial charge on any atom is 0.240 e. The minimum atomic E-state index is -3.86. The van der Waals surface area contributed by atoms with Crippen molar-refractivity contribution in [3.8, 4) is 5.75 Å². The van der Waals surface area contributed by atoms with Crippen LogP contribution in [0.5, 0.6) is 5.75 Å². The van der Waals surface area contributed by atoms with Crippen LogP contribution >= 0.6 is 0 Å². The molecule has 1 rings (SSSR count). The Morgan fingerprint density at radius 3 is 2.60 bits per heavy atom. The zero-order valence-corrected chi connectivity index (χ0v) is 12.6. The molecule has 0 spiro atoms. The van der Waals surface area contributed by atoms with Crippen molar-refractivity contribution in [3.63, 3.8) is 0 Å². The van der Waals surface area contributed by atoms with Gasteiger partial charge in [0.05, 0.1) is 17.6 Å². The highest BCUT2D eigenvalue weighted by Crippen LogP contribution is 2.21. The molecule has 1 aromatic carbocycles. The monoisotopic (exact) mass is 305 g/mol. The lowest BCUT2D eigenvalue weighted by Gasteiger charge is -2.22. The fourth-order valence-corrected chi connectivity index (χ4v) is 2.95. The first-order valence-electron chi connectivity index (χ1n) is 6.27. The fourth-order valence-electron chi connectivity index (χ4n) is 1.78. The van der Waals surface area contributed by atoms with Gasteiger partial charge >= 0.3 is 0 Å². The van der Waals surface area contributed by atoms with Gasteiger partial charge in [-0.3, -0.25) is 0 Å². The Morgan fingerprint density at radius 1 is 1.45 bits per heavy atom. The molecular weight excluding hydrogens is 285 g/mol. The lowest BCUT2D eigenvalue weighted by atomic mass is 10.0. The average molecular weight is 305 g/mol. The van der Waals surface area contributed by atoms with Gasteiger partial charge in [-0.1, -0.05) is 13.3 Å². The third-order valence-electron chi connectivity index (χ3n) is 2.87. The second-order valence-corrected chi connectivity index (χ2v) is 6.63. The first kappa shape index (κ1) is 16.9. The van der Waals surface area contributed by atoms with Gasteiger partial charge in [0.1, 0.15) is 0 Å². The van der Waals surface area contributed by atoms with Crippen LogP contribution < -0.4 is 9.46 Å². The number of ether oxygens (including phenoxy) is 1. The molecule has 0 saturated heterocycles. The average Bonchev–Trinajstić information content (AvgIpc) is 2.36. The number of sulfonamides is 1. The Kier molecular flexibility index (Phi) is 5.50. The van der Waals surface area contributed by atoms with Crippen molar-refractivity contribution in [1.29, 1.82) is 0 Å². The number of hydrogen-bond acceptors (Lipinski definition) is 4. The molecule has 5 nitrogen and oxygen atoms in total. The fraction of sp³-hybridized carbons (Fsp3) is 0.538. The molecule has 0 aliphatic rings. The molecule has 0 aliphatic carbocycles. The number of methoxy groups -OCH3 is 1. The smallest absolute Gasteiger partial charge is 0.240 e. The molecule has 114 valence electrons. The number of halogens is 1. The van der Waals surface area contributed by atoms with Crippen LogP contribution in [0.2, 0.25) is 0 Å². The molecule has 7 heteroatoms. The van der Waals surface area contributed by atoms with Gasteiger partial charge in [-0.15, -0.1) is 0 Å². The second kappa shape index (κ2) is 6.51. The van der Waals surface area contributed by atoms with Gasteiger partial charge in [0.25, 0.3) is 0 Å². The number of benzene rings is 1. The minimum absolute atomic E-state index is 0.0260. The molecule has 2 N–H and O–H groups in total. The number of aliphatic hydroxyl groups is 1. The summed E-state index contributed by atoms with van der Waals surface area (Å²) in [4.78, 5) is -0.205. The molecular formula is C13H20FNO4S. The van der Waals surface area contributed by atoms with E-state index in [2.05, 4.69) is 4.72 Å². The van der Waals surface area contributed by atoms with Crippen LogP contribution in [0.3, 0.4) is 0 Å². The van der Waals surface area contributed by atoms with Crippen LogP contribution in [0.15, 0.2) is 23.1 Å². The summed E-state index contributed by atoms with van der Waals surface area (Å²) in [6, 6.07) is 3.38. The van der Waals surface area contributed by atoms with Gasteiger partial charge in [-0.25, -0.2) is 17.5 Å². The lowest BCUT2D eigenvalue weighted by Crippen LogP contribution is -2.40. The Labute approximate surface area is 118 Å². The molecule has 0 fully saturated rings. The van der Waals surface area contributed by atoms with E-state index < -0.39 is 21.4 Å². The van der Waals surface area contributed by atoms with Crippen molar-refractivity contribution in [3.05, 3.63) is 24.0 Å². The summed E-state index contributed by atoms with van der Waals surface area (Å²) in [6.07, 6.45) is 1.19. The SMILES string of the molecule is CCCC(C)(O)CNS(=O)(=O)c1ccc(OC)c(F)c1. The second-order valence-electron chi connectivity index (χ2n) is 4.87. The van der Waals surface area contributed by atoms with E-state index in [9.17, 15) is 17.9 Å². The number of nitrogens with one attached hydrogen (secondary N) is 1. The highest BCUT2D eigenvalue weighted by Gasteiger charge is 2.24. The Hall–Kier alpha value is -1.18. The van der Waals surface area contributed by atoms with E-state index in [1.165, 1.54) is 19.2 Å². The lowest BCUT2D eigenvalue weighted by molar-refractivity contribution is 0.0554. The van der Waals surface area contributed by atoms with E-state index in [4.69, 9.17) is 4.74 Å². The molecule has 0 saturated carbocycles. The van der Waals surface area contributed by atoms with E-state index in [-0.39, 0.29) is 17.2 Å². The molecule has 0 aromatic heterocycles. The topological polar surface area (TPSA) is 75.6 Å². The molecule has 0 heterocycles. The van der Waals surface area contributed by atoms with Crippen molar-refractivity contribution >= 4 is 10.0 Å². The summed E-state index contributed by atoms with van der Waals surface area (Å²) >= 11 is 0.